The number of benzene rings is 1. The van der Waals surface area contributed by atoms with Crippen molar-refractivity contribution in [3.8, 4) is 5.75 Å². The smallest absolute Gasteiger partial charge is 0.310 e. The normalized spacial score (nSPS) is 16.9. The summed E-state index contributed by atoms with van der Waals surface area (Å²) in [6, 6.07) is 7.87. The Morgan fingerprint density at radius 3 is 2.82 bits per heavy atom. The van der Waals surface area contributed by atoms with Crippen LogP contribution in [0, 0.1) is 12.8 Å². The molecule has 3 rings (SSSR count). The summed E-state index contributed by atoms with van der Waals surface area (Å²) in [4.78, 5) is 11.7. The molecule has 0 aliphatic carbocycles. The van der Waals surface area contributed by atoms with Crippen molar-refractivity contribution in [2.75, 3.05) is 7.11 Å². The highest BCUT2D eigenvalue weighted by Crippen LogP contribution is 2.22. The van der Waals surface area contributed by atoms with E-state index in [4.69, 9.17) is 9.47 Å². The van der Waals surface area contributed by atoms with Crippen LogP contribution < -0.4 is 4.74 Å². The summed E-state index contributed by atoms with van der Waals surface area (Å²) >= 11 is 0. The summed E-state index contributed by atoms with van der Waals surface area (Å²) in [5.74, 6) is 2.13. The quantitative estimate of drug-likeness (QED) is 0.807. The number of nitrogens with zero attached hydrogens (tertiary/aromatic N) is 3. The van der Waals surface area contributed by atoms with Crippen LogP contribution in [-0.2, 0) is 29.1 Å². The van der Waals surface area contributed by atoms with E-state index in [1.165, 1.54) is 12.7 Å². The number of hydrogen-bond acceptors (Lipinski definition) is 5. The number of methoxy groups -OCH3 is 1. The van der Waals surface area contributed by atoms with Crippen molar-refractivity contribution >= 4 is 5.97 Å². The molecule has 1 aliphatic rings. The highest BCUT2D eigenvalue weighted by atomic mass is 16.5. The predicted molar refractivity (Wildman–Crippen MR) is 79.4 cm³/mol. The molecule has 1 aromatic carbocycles. The Hall–Kier alpha value is -2.37. The molecule has 1 aromatic heterocycles. The van der Waals surface area contributed by atoms with Crippen LogP contribution in [0.1, 0.15) is 23.6 Å². The highest BCUT2D eigenvalue weighted by molar-refractivity contribution is 5.72. The van der Waals surface area contributed by atoms with Crippen molar-refractivity contribution in [3.63, 3.8) is 0 Å². The van der Waals surface area contributed by atoms with Gasteiger partial charge in [-0.25, -0.2) is 0 Å². The lowest BCUT2D eigenvalue weighted by Gasteiger charge is -2.22. The average Bonchev–Trinajstić information content (AvgIpc) is 2.96. The first-order valence-electron chi connectivity index (χ1n) is 7.35. The van der Waals surface area contributed by atoms with E-state index in [1.54, 1.807) is 0 Å². The first kappa shape index (κ1) is 14.6. The molecule has 1 aliphatic heterocycles. The predicted octanol–water partition coefficient (Wildman–Crippen LogP) is 1.90. The number of carbonyl (C=O) groups is 1. The van der Waals surface area contributed by atoms with Gasteiger partial charge in [0.15, 0.2) is 5.82 Å². The van der Waals surface area contributed by atoms with Crippen LogP contribution in [0.5, 0.6) is 5.75 Å². The van der Waals surface area contributed by atoms with Gasteiger partial charge in [-0.2, -0.15) is 0 Å². The SMILES string of the molecule is COC(=O)C1CCc2nnc(COc3ccc(C)cc3)n2C1. The molecule has 0 saturated carbocycles. The van der Waals surface area contributed by atoms with E-state index in [2.05, 4.69) is 10.2 Å². The maximum absolute atomic E-state index is 11.7. The lowest BCUT2D eigenvalue weighted by atomic mass is 9.99. The van der Waals surface area contributed by atoms with Crippen molar-refractivity contribution < 1.29 is 14.3 Å². The molecule has 116 valence electrons. The Kier molecular flexibility index (Phi) is 4.09. The van der Waals surface area contributed by atoms with Crippen LogP contribution in [0.3, 0.4) is 0 Å². The largest absolute Gasteiger partial charge is 0.486 e. The molecule has 0 fully saturated rings. The molecule has 0 saturated heterocycles. The molecule has 22 heavy (non-hydrogen) atoms. The topological polar surface area (TPSA) is 66.2 Å². The third-order valence-corrected chi connectivity index (χ3v) is 3.95. The molecular formula is C16H19N3O3. The second-order valence-electron chi connectivity index (χ2n) is 5.50. The summed E-state index contributed by atoms with van der Waals surface area (Å²) in [7, 11) is 1.42. The minimum absolute atomic E-state index is 0.133. The van der Waals surface area contributed by atoms with E-state index in [0.29, 0.717) is 13.2 Å². The second kappa shape index (κ2) is 6.17. The molecule has 6 nitrogen and oxygen atoms in total. The van der Waals surface area contributed by atoms with Gasteiger partial charge in [-0.3, -0.25) is 4.79 Å². The van der Waals surface area contributed by atoms with Gasteiger partial charge in [0.1, 0.15) is 18.2 Å². The Morgan fingerprint density at radius 1 is 1.32 bits per heavy atom. The van der Waals surface area contributed by atoms with E-state index in [0.717, 1.165) is 30.2 Å². The molecule has 1 unspecified atom stereocenters. The molecule has 0 N–H and O–H groups in total. The van der Waals surface area contributed by atoms with Crippen LogP contribution in [0.4, 0.5) is 0 Å². The molecule has 0 bridgehead atoms. The fraction of sp³-hybridized carbons (Fsp3) is 0.438. The number of aromatic nitrogens is 3. The van der Waals surface area contributed by atoms with Gasteiger partial charge in [-0.15, -0.1) is 10.2 Å². The first-order valence-corrected chi connectivity index (χ1v) is 7.35. The third kappa shape index (κ3) is 2.95. The van der Waals surface area contributed by atoms with Crippen molar-refractivity contribution in [2.24, 2.45) is 5.92 Å². The van der Waals surface area contributed by atoms with Gasteiger partial charge >= 0.3 is 5.97 Å². The second-order valence-corrected chi connectivity index (χ2v) is 5.50. The van der Waals surface area contributed by atoms with Crippen LogP contribution >= 0.6 is 0 Å². The van der Waals surface area contributed by atoms with Crippen LogP contribution in [-0.4, -0.2) is 27.8 Å². The zero-order valence-electron chi connectivity index (χ0n) is 12.8. The minimum Gasteiger partial charge on any atom is -0.486 e. The summed E-state index contributed by atoms with van der Waals surface area (Å²) in [5.41, 5.74) is 1.19. The van der Waals surface area contributed by atoms with Gasteiger partial charge in [-0.05, 0) is 25.5 Å². The summed E-state index contributed by atoms with van der Waals surface area (Å²) in [6.45, 7) is 2.93. The van der Waals surface area contributed by atoms with Gasteiger partial charge in [0, 0.05) is 13.0 Å². The Labute approximate surface area is 129 Å². The number of hydrogen-bond donors (Lipinski definition) is 0. The van der Waals surface area contributed by atoms with Crippen molar-refractivity contribution in [3.05, 3.63) is 41.5 Å². The average molecular weight is 301 g/mol. The number of aryl methyl sites for hydroxylation is 2. The molecule has 0 amide bonds. The summed E-state index contributed by atoms with van der Waals surface area (Å²) in [5, 5.41) is 8.37. The van der Waals surface area contributed by atoms with Crippen molar-refractivity contribution in [1.82, 2.24) is 14.8 Å². The number of esters is 1. The minimum atomic E-state index is -0.176. The zero-order chi connectivity index (χ0) is 15.5. The van der Waals surface area contributed by atoms with E-state index in [9.17, 15) is 4.79 Å². The van der Waals surface area contributed by atoms with Gasteiger partial charge in [0.2, 0.25) is 0 Å². The van der Waals surface area contributed by atoms with E-state index >= 15 is 0 Å². The first-order chi connectivity index (χ1) is 10.7. The Bertz CT molecular complexity index is 664. The Balaban J connectivity index is 1.70. The van der Waals surface area contributed by atoms with Gasteiger partial charge in [0.25, 0.3) is 0 Å². The lowest BCUT2D eigenvalue weighted by molar-refractivity contribution is -0.146. The zero-order valence-corrected chi connectivity index (χ0v) is 12.8. The van der Waals surface area contributed by atoms with Crippen LogP contribution in [0.2, 0.25) is 0 Å². The van der Waals surface area contributed by atoms with Crippen molar-refractivity contribution in [2.45, 2.75) is 32.9 Å². The fourth-order valence-electron chi connectivity index (χ4n) is 2.63. The fourth-order valence-corrected chi connectivity index (χ4v) is 2.63. The standard InChI is InChI=1S/C16H19N3O3/c1-11-3-6-13(7-4-11)22-10-15-18-17-14-8-5-12(9-19(14)15)16(20)21-2/h3-4,6-7,12H,5,8-10H2,1-2H3. The van der Waals surface area contributed by atoms with Gasteiger partial charge in [0.05, 0.1) is 13.0 Å². The molecule has 2 heterocycles. The summed E-state index contributed by atoms with van der Waals surface area (Å²) in [6.07, 6.45) is 1.49. The van der Waals surface area contributed by atoms with Crippen molar-refractivity contribution in [1.29, 1.82) is 0 Å². The Morgan fingerprint density at radius 2 is 2.09 bits per heavy atom. The maximum atomic E-state index is 11.7. The molecule has 6 heteroatoms. The number of rotatable bonds is 4. The van der Waals surface area contributed by atoms with E-state index in [-0.39, 0.29) is 11.9 Å². The molecule has 1 atom stereocenters. The third-order valence-electron chi connectivity index (χ3n) is 3.95. The molecular weight excluding hydrogens is 282 g/mol. The maximum Gasteiger partial charge on any atom is 0.310 e. The number of fused-ring (bicyclic) bond motifs is 1. The summed E-state index contributed by atoms with van der Waals surface area (Å²) < 4.78 is 12.6. The molecule has 2 aromatic rings. The lowest BCUT2D eigenvalue weighted by Crippen LogP contribution is -2.29. The number of ether oxygens (including phenoxy) is 2. The van der Waals surface area contributed by atoms with Gasteiger partial charge in [-0.1, -0.05) is 17.7 Å². The molecule has 0 spiro atoms. The molecule has 0 radical (unpaired) electrons. The monoisotopic (exact) mass is 301 g/mol. The number of carbonyl (C=O) groups excluding carboxylic acids is 1. The van der Waals surface area contributed by atoms with Crippen LogP contribution in [0.25, 0.3) is 0 Å². The van der Waals surface area contributed by atoms with E-state index in [1.807, 2.05) is 35.8 Å². The van der Waals surface area contributed by atoms with Crippen LogP contribution in [0.15, 0.2) is 24.3 Å². The highest BCUT2D eigenvalue weighted by Gasteiger charge is 2.28. The van der Waals surface area contributed by atoms with Gasteiger partial charge < -0.3 is 14.0 Å². The van der Waals surface area contributed by atoms with E-state index < -0.39 is 0 Å².